The van der Waals surface area contributed by atoms with E-state index in [1.54, 1.807) is 6.07 Å². The first-order valence-corrected chi connectivity index (χ1v) is 11.3. The number of hydrogen-bond donors (Lipinski definition) is 1. The summed E-state index contributed by atoms with van der Waals surface area (Å²) < 4.78 is 17.4. The van der Waals surface area contributed by atoms with Crippen molar-refractivity contribution >= 4 is 45.8 Å². The van der Waals surface area contributed by atoms with Crippen molar-refractivity contribution in [2.75, 3.05) is 29.5 Å². The van der Waals surface area contributed by atoms with Gasteiger partial charge < -0.3 is 19.2 Å². The molecule has 0 radical (unpaired) electrons. The van der Waals surface area contributed by atoms with Crippen LogP contribution < -0.4 is 10.2 Å². The van der Waals surface area contributed by atoms with Crippen LogP contribution in [0.5, 0.6) is 0 Å². The Morgan fingerprint density at radius 1 is 1.44 bits per heavy atom. The first-order chi connectivity index (χ1) is 13.0. The highest BCUT2D eigenvalue weighted by molar-refractivity contribution is 7.91. The smallest absolute Gasteiger partial charge is 0.298 e. The number of amides is 1. The van der Waals surface area contributed by atoms with Crippen molar-refractivity contribution in [1.82, 2.24) is 10.3 Å². The van der Waals surface area contributed by atoms with Crippen LogP contribution in [-0.4, -0.2) is 46.1 Å². The van der Waals surface area contributed by atoms with E-state index in [1.807, 2.05) is 12.1 Å². The molecule has 6 nitrogen and oxygen atoms in total. The molecule has 3 aliphatic rings. The molecular formula is C19H22ClN3O3S. The van der Waals surface area contributed by atoms with Gasteiger partial charge in [0.1, 0.15) is 17.0 Å². The Labute approximate surface area is 165 Å². The van der Waals surface area contributed by atoms with Gasteiger partial charge >= 0.3 is 0 Å². The minimum atomic E-state index is -0.808. The summed E-state index contributed by atoms with van der Waals surface area (Å²) in [5.74, 6) is 1.22. The summed E-state index contributed by atoms with van der Waals surface area (Å²) in [6.45, 7) is 1.83. The number of oxazole rings is 1. The van der Waals surface area contributed by atoms with Crippen molar-refractivity contribution in [3.63, 3.8) is 0 Å². The van der Waals surface area contributed by atoms with E-state index in [4.69, 9.17) is 16.0 Å². The molecule has 0 bridgehead atoms. The standard InChI is InChI=1S/C19H22ClN3O3S/c20-13-1-2-15-16(7-13)26-18(22-15)23-5-4-19(11-23)8-14(9-19)21-17(24)12-3-6-27(25)10-12/h1-2,7,12,14H,3-6,8-11H2,(H,21,24). The summed E-state index contributed by atoms with van der Waals surface area (Å²) >= 11 is 5.22. The van der Waals surface area contributed by atoms with E-state index >= 15 is 0 Å². The molecule has 2 saturated heterocycles. The minimum absolute atomic E-state index is 0.0611. The maximum atomic E-state index is 12.3. The Balaban J connectivity index is 1.18. The number of anilines is 1. The summed E-state index contributed by atoms with van der Waals surface area (Å²) in [6, 6.07) is 6.39. The highest BCUT2D eigenvalue weighted by Crippen LogP contribution is 2.49. The topological polar surface area (TPSA) is 81.4 Å². The van der Waals surface area contributed by atoms with Crippen molar-refractivity contribution in [2.45, 2.75) is 31.7 Å². The van der Waals surface area contributed by atoms with Gasteiger partial charge in [-0.3, -0.25) is 4.79 Å². The highest BCUT2D eigenvalue weighted by Gasteiger charge is 2.50. The lowest BCUT2D eigenvalue weighted by atomic mass is 9.65. The largest absolute Gasteiger partial charge is 0.616 e. The van der Waals surface area contributed by atoms with Crippen molar-refractivity contribution < 1.29 is 13.8 Å². The lowest BCUT2D eigenvalue weighted by Crippen LogP contribution is -2.53. The summed E-state index contributed by atoms with van der Waals surface area (Å²) in [4.78, 5) is 19.1. The molecular weight excluding hydrogens is 386 g/mol. The van der Waals surface area contributed by atoms with Crippen LogP contribution in [0.3, 0.4) is 0 Å². The Bertz CT molecular complexity index is 882. The summed E-state index contributed by atoms with van der Waals surface area (Å²) in [5.41, 5.74) is 1.78. The van der Waals surface area contributed by atoms with E-state index in [9.17, 15) is 9.35 Å². The molecule has 144 valence electrons. The van der Waals surface area contributed by atoms with E-state index in [-0.39, 0.29) is 23.3 Å². The van der Waals surface area contributed by atoms with Crippen LogP contribution in [0.2, 0.25) is 5.02 Å². The Kier molecular flexibility index (Phi) is 4.29. The zero-order valence-electron chi connectivity index (χ0n) is 14.9. The van der Waals surface area contributed by atoms with E-state index in [2.05, 4.69) is 15.2 Å². The molecule has 5 rings (SSSR count). The molecule has 1 aromatic heterocycles. The van der Waals surface area contributed by atoms with E-state index in [0.717, 1.165) is 44.3 Å². The fourth-order valence-electron chi connectivity index (χ4n) is 4.73. The molecule has 8 heteroatoms. The summed E-state index contributed by atoms with van der Waals surface area (Å²) in [7, 11) is 0. The second kappa shape index (κ2) is 6.57. The van der Waals surface area contributed by atoms with E-state index < -0.39 is 11.2 Å². The molecule has 1 amide bonds. The third-order valence-electron chi connectivity index (χ3n) is 6.21. The number of nitrogens with one attached hydrogen (secondary N) is 1. The summed E-state index contributed by atoms with van der Waals surface area (Å²) in [6.07, 6.45) is 3.84. The number of benzene rings is 1. The van der Waals surface area contributed by atoms with Gasteiger partial charge in [0.05, 0.1) is 5.92 Å². The van der Waals surface area contributed by atoms with Gasteiger partial charge in [-0.05, 0) is 36.8 Å². The van der Waals surface area contributed by atoms with Crippen molar-refractivity contribution in [3.8, 4) is 0 Å². The van der Waals surface area contributed by atoms with Gasteiger partial charge in [0, 0.05) is 36.6 Å². The van der Waals surface area contributed by atoms with E-state index in [1.165, 1.54) is 0 Å². The molecule has 2 atom stereocenters. The van der Waals surface area contributed by atoms with E-state index in [0.29, 0.717) is 28.1 Å². The predicted molar refractivity (Wildman–Crippen MR) is 105 cm³/mol. The Morgan fingerprint density at radius 3 is 3.07 bits per heavy atom. The third-order valence-corrected chi connectivity index (χ3v) is 7.91. The van der Waals surface area contributed by atoms with Crippen LogP contribution in [0.1, 0.15) is 25.7 Å². The molecule has 3 heterocycles. The SMILES string of the molecule is O=C(NC1CC2(CCN(c3nc4ccc(Cl)cc4o3)C2)C1)C1CC[S+]([O-])C1. The molecule has 27 heavy (non-hydrogen) atoms. The van der Waals surface area contributed by atoms with Crippen LogP contribution in [0, 0.1) is 11.3 Å². The van der Waals surface area contributed by atoms with Gasteiger partial charge in [0.2, 0.25) is 5.91 Å². The molecule has 2 aliphatic heterocycles. The number of fused-ring (bicyclic) bond motifs is 1. The van der Waals surface area contributed by atoms with Gasteiger partial charge in [-0.15, -0.1) is 0 Å². The number of aromatic nitrogens is 1. The molecule has 1 saturated carbocycles. The van der Waals surface area contributed by atoms with Gasteiger partial charge in [0.15, 0.2) is 5.58 Å². The van der Waals surface area contributed by atoms with Gasteiger partial charge in [-0.2, -0.15) is 4.98 Å². The molecule has 1 aliphatic carbocycles. The minimum Gasteiger partial charge on any atom is -0.616 e. The molecule has 1 spiro atoms. The highest BCUT2D eigenvalue weighted by atomic mass is 35.5. The first-order valence-electron chi connectivity index (χ1n) is 9.46. The molecule has 1 N–H and O–H groups in total. The van der Waals surface area contributed by atoms with Crippen LogP contribution in [0.25, 0.3) is 11.1 Å². The fourth-order valence-corrected chi connectivity index (χ4v) is 6.37. The second-order valence-corrected chi connectivity index (χ2v) is 10.2. The van der Waals surface area contributed by atoms with Gasteiger partial charge in [0.25, 0.3) is 6.01 Å². The maximum absolute atomic E-state index is 12.3. The Morgan fingerprint density at radius 2 is 2.30 bits per heavy atom. The van der Waals surface area contributed by atoms with Gasteiger partial charge in [-0.1, -0.05) is 22.8 Å². The number of hydrogen-bond acceptors (Lipinski definition) is 5. The number of rotatable bonds is 3. The molecule has 3 fully saturated rings. The average molecular weight is 408 g/mol. The quantitative estimate of drug-likeness (QED) is 0.791. The Hall–Kier alpha value is -1.44. The first kappa shape index (κ1) is 17.6. The van der Waals surface area contributed by atoms with Crippen molar-refractivity contribution in [3.05, 3.63) is 23.2 Å². The number of carbonyl (C=O) groups is 1. The van der Waals surface area contributed by atoms with Crippen molar-refractivity contribution in [2.24, 2.45) is 11.3 Å². The van der Waals surface area contributed by atoms with Crippen LogP contribution in [0.15, 0.2) is 22.6 Å². The number of nitrogens with zero attached hydrogens (tertiary/aromatic N) is 2. The molecule has 2 aromatic rings. The van der Waals surface area contributed by atoms with Gasteiger partial charge in [-0.25, -0.2) is 0 Å². The van der Waals surface area contributed by atoms with Crippen molar-refractivity contribution in [1.29, 1.82) is 0 Å². The maximum Gasteiger partial charge on any atom is 0.298 e. The zero-order valence-corrected chi connectivity index (χ0v) is 16.5. The van der Waals surface area contributed by atoms with Crippen LogP contribution >= 0.6 is 11.6 Å². The number of halogens is 1. The molecule has 2 unspecified atom stereocenters. The second-order valence-electron chi connectivity index (χ2n) is 8.19. The normalized spacial score (nSPS) is 33.0. The summed E-state index contributed by atoms with van der Waals surface area (Å²) in [5, 5.41) is 3.81. The molecule has 1 aromatic carbocycles. The fraction of sp³-hybridized carbons (Fsp3) is 0.579. The zero-order chi connectivity index (χ0) is 18.6. The lowest BCUT2D eigenvalue weighted by molar-refractivity contribution is -0.126. The lowest BCUT2D eigenvalue weighted by Gasteiger charge is -2.45. The number of carbonyl (C=O) groups excluding carboxylic acids is 1. The van der Waals surface area contributed by atoms with Crippen LogP contribution in [0.4, 0.5) is 6.01 Å². The van der Waals surface area contributed by atoms with Crippen LogP contribution in [-0.2, 0) is 16.0 Å². The monoisotopic (exact) mass is 407 g/mol. The third kappa shape index (κ3) is 3.30. The average Bonchev–Trinajstić information content (AvgIpc) is 3.31. The predicted octanol–water partition coefficient (Wildman–Crippen LogP) is 2.72.